The van der Waals surface area contributed by atoms with Crippen LogP contribution in [-0.4, -0.2) is 5.11 Å². The van der Waals surface area contributed by atoms with E-state index in [2.05, 4.69) is 5.38 Å². The Morgan fingerprint density at radius 3 is 2.82 bits per heavy atom. The van der Waals surface area contributed by atoms with E-state index in [1.165, 1.54) is 0 Å². The number of thiophene rings is 1. The second-order valence-corrected chi connectivity index (χ2v) is 4.92. The minimum Gasteiger partial charge on any atom is -0.488 e. The van der Waals surface area contributed by atoms with Crippen LogP contribution in [0.15, 0.2) is 35.0 Å². The number of hydrogen-bond acceptors (Lipinski definition) is 3. The summed E-state index contributed by atoms with van der Waals surface area (Å²) >= 11 is 1.66. The topological polar surface area (TPSA) is 29.5 Å². The Morgan fingerprint density at radius 1 is 1.35 bits per heavy atom. The molecule has 0 unspecified atom stereocenters. The zero-order valence-electron chi connectivity index (χ0n) is 10.0. The summed E-state index contributed by atoms with van der Waals surface area (Å²) in [4.78, 5) is 0. The second kappa shape index (κ2) is 5.34. The van der Waals surface area contributed by atoms with Gasteiger partial charge in [-0.3, -0.25) is 0 Å². The highest BCUT2D eigenvalue weighted by atomic mass is 32.1. The number of hydrogen-bond donors (Lipinski definition) is 1. The standard InChI is InChI=1S/C14H16O2S/c1-10-3-4-14(13(7-10)11(2)15)16-8-12-5-6-17-9-12/h3-7,9,11,15H,8H2,1-2H3/t11-/m1/s1. The summed E-state index contributed by atoms with van der Waals surface area (Å²) in [6, 6.07) is 7.92. The Morgan fingerprint density at radius 2 is 2.18 bits per heavy atom. The smallest absolute Gasteiger partial charge is 0.125 e. The van der Waals surface area contributed by atoms with Crippen LogP contribution >= 0.6 is 11.3 Å². The molecule has 1 aromatic heterocycles. The minimum atomic E-state index is -0.507. The van der Waals surface area contributed by atoms with Gasteiger partial charge < -0.3 is 9.84 Å². The third-order valence-corrected chi connectivity index (χ3v) is 3.32. The monoisotopic (exact) mass is 248 g/mol. The molecule has 90 valence electrons. The average molecular weight is 248 g/mol. The van der Waals surface area contributed by atoms with Gasteiger partial charge in [0.2, 0.25) is 0 Å². The summed E-state index contributed by atoms with van der Waals surface area (Å²) in [5, 5.41) is 13.8. The summed E-state index contributed by atoms with van der Waals surface area (Å²) in [6.45, 7) is 4.31. The van der Waals surface area contributed by atoms with Gasteiger partial charge in [0.25, 0.3) is 0 Å². The first-order chi connectivity index (χ1) is 8.16. The van der Waals surface area contributed by atoms with Crippen molar-refractivity contribution in [2.75, 3.05) is 0 Å². The van der Waals surface area contributed by atoms with Crippen LogP contribution in [0.4, 0.5) is 0 Å². The first-order valence-corrected chi connectivity index (χ1v) is 6.53. The highest BCUT2D eigenvalue weighted by molar-refractivity contribution is 7.07. The van der Waals surface area contributed by atoms with Gasteiger partial charge in [0.1, 0.15) is 12.4 Å². The molecule has 0 aliphatic carbocycles. The number of aliphatic hydroxyl groups excluding tert-OH is 1. The zero-order valence-corrected chi connectivity index (χ0v) is 10.8. The maximum absolute atomic E-state index is 9.71. The van der Waals surface area contributed by atoms with Gasteiger partial charge in [-0.2, -0.15) is 11.3 Å². The number of rotatable bonds is 4. The van der Waals surface area contributed by atoms with E-state index in [0.717, 1.165) is 22.4 Å². The van der Waals surface area contributed by atoms with Crippen LogP contribution in [0, 0.1) is 6.92 Å². The molecule has 0 radical (unpaired) electrons. The predicted molar refractivity (Wildman–Crippen MR) is 70.5 cm³/mol. The maximum Gasteiger partial charge on any atom is 0.125 e. The van der Waals surface area contributed by atoms with Crippen molar-refractivity contribution < 1.29 is 9.84 Å². The van der Waals surface area contributed by atoms with E-state index < -0.39 is 6.10 Å². The Bertz CT molecular complexity index is 475. The van der Waals surface area contributed by atoms with Gasteiger partial charge in [0, 0.05) is 5.56 Å². The first-order valence-electron chi connectivity index (χ1n) is 5.59. The van der Waals surface area contributed by atoms with Gasteiger partial charge >= 0.3 is 0 Å². The molecule has 0 saturated carbocycles. The molecule has 0 aliphatic heterocycles. The van der Waals surface area contributed by atoms with Crippen LogP contribution in [-0.2, 0) is 6.61 Å². The molecule has 17 heavy (non-hydrogen) atoms. The van der Waals surface area contributed by atoms with Gasteiger partial charge in [-0.05, 0) is 48.4 Å². The zero-order chi connectivity index (χ0) is 12.3. The van der Waals surface area contributed by atoms with Gasteiger partial charge in [-0.1, -0.05) is 11.6 Å². The minimum absolute atomic E-state index is 0.507. The molecule has 0 saturated heterocycles. The van der Waals surface area contributed by atoms with Crippen molar-refractivity contribution in [3.8, 4) is 5.75 Å². The van der Waals surface area contributed by atoms with E-state index in [4.69, 9.17) is 4.74 Å². The highest BCUT2D eigenvalue weighted by Gasteiger charge is 2.09. The summed E-state index contributed by atoms with van der Waals surface area (Å²) < 4.78 is 5.74. The van der Waals surface area contributed by atoms with E-state index >= 15 is 0 Å². The predicted octanol–water partition coefficient (Wildman–Crippen LogP) is 3.69. The SMILES string of the molecule is Cc1ccc(OCc2ccsc2)c([C@@H](C)O)c1. The fourth-order valence-electron chi connectivity index (χ4n) is 1.66. The van der Waals surface area contributed by atoms with E-state index in [0.29, 0.717) is 6.61 Å². The van der Waals surface area contributed by atoms with Crippen LogP contribution in [0.2, 0.25) is 0 Å². The lowest BCUT2D eigenvalue weighted by molar-refractivity contribution is 0.190. The Balaban J connectivity index is 2.14. The maximum atomic E-state index is 9.71. The Kier molecular flexibility index (Phi) is 3.82. The third kappa shape index (κ3) is 3.08. The van der Waals surface area contributed by atoms with Crippen LogP contribution in [0.1, 0.15) is 29.7 Å². The van der Waals surface area contributed by atoms with Crippen molar-refractivity contribution >= 4 is 11.3 Å². The van der Waals surface area contributed by atoms with Crippen LogP contribution < -0.4 is 4.74 Å². The molecule has 2 aromatic rings. The fraction of sp³-hybridized carbons (Fsp3) is 0.286. The third-order valence-electron chi connectivity index (χ3n) is 2.59. The molecule has 3 heteroatoms. The Hall–Kier alpha value is -1.32. The average Bonchev–Trinajstić information content (AvgIpc) is 2.80. The van der Waals surface area contributed by atoms with Crippen molar-refractivity contribution in [1.29, 1.82) is 0 Å². The van der Waals surface area contributed by atoms with Gasteiger partial charge in [-0.15, -0.1) is 0 Å². The van der Waals surface area contributed by atoms with E-state index in [1.807, 2.05) is 36.6 Å². The summed E-state index contributed by atoms with van der Waals surface area (Å²) in [7, 11) is 0. The number of aliphatic hydroxyl groups is 1. The quantitative estimate of drug-likeness (QED) is 0.894. The van der Waals surface area contributed by atoms with Crippen LogP contribution in [0.3, 0.4) is 0 Å². The number of aryl methyl sites for hydroxylation is 1. The number of benzene rings is 1. The molecule has 0 fully saturated rings. The van der Waals surface area contributed by atoms with Gasteiger partial charge in [0.15, 0.2) is 0 Å². The van der Waals surface area contributed by atoms with Gasteiger partial charge in [0.05, 0.1) is 6.10 Å². The number of ether oxygens (including phenoxy) is 1. The fourth-order valence-corrected chi connectivity index (χ4v) is 2.31. The van der Waals surface area contributed by atoms with Crippen molar-refractivity contribution in [2.45, 2.75) is 26.6 Å². The van der Waals surface area contributed by atoms with E-state index in [1.54, 1.807) is 18.3 Å². The summed E-state index contributed by atoms with van der Waals surface area (Å²) in [5.41, 5.74) is 3.14. The molecule has 0 amide bonds. The summed E-state index contributed by atoms with van der Waals surface area (Å²) in [6.07, 6.45) is -0.507. The second-order valence-electron chi connectivity index (χ2n) is 4.14. The summed E-state index contributed by atoms with van der Waals surface area (Å²) in [5.74, 6) is 0.761. The molecule has 1 aromatic carbocycles. The normalized spacial score (nSPS) is 12.4. The molecule has 0 bridgehead atoms. The molecule has 2 nitrogen and oxygen atoms in total. The molecular weight excluding hydrogens is 232 g/mol. The lowest BCUT2D eigenvalue weighted by atomic mass is 10.1. The molecular formula is C14H16O2S. The molecule has 1 N–H and O–H groups in total. The van der Waals surface area contributed by atoms with Crippen molar-refractivity contribution in [1.82, 2.24) is 0 Å². The van der Waals surface area contributed by atoms with Crippen LogP contribution in [0.25, 0.3) is 0 Å². The van der Waals surface area contributed by atoms with E-state index in [9.17, 15) is 5.11 Å². The first kappa shape index (κ1) is 12.1. The van der Waals surface area contributed by atoms with Crippen LogP contribution in [0.5, 0.6) is 5.75 Å². The van der Waals surface area contributed by atoms with Crippen molar-refractivity contribution in [3.05, 3.63) is 51.7 Å². The Labute approximate surface area is 105 Å². The molecule has 1 heterocycles. The molecule has 2 rings (SSSR count). The van der Waals surface area contributed by atoms with Crippen molar-refractivity contribution in [2.24, 2.45) is 0 Å². The van der Waals surface area contributed by atoms with Gasteiger partial charge in [-0.25, -0.2) is 0 Å². The van der Waals surface area contributed by atoms with E-state index in [-0.39, 0.29) is 0 Å². The molecule has 0 aliphatic rings. The highest BCUT2D eigenvalue weighted by Crippen LogP contribution is 2.27. The van der Waals surface area contributed by atoms with Crippen molar-refractivity contribution in [3.63, 3.8) is 0 Å². The lowest BCUT2D eigenvalue weighted by Gasteiger charge is -2.13. The molecule has 0 spiro atoms. The lowest BCUT2D eigenvalue weighted by Crippen LogP contribution is -2.00. The molecule has 1 atom stereocenters. The largest absolute Gasteiger partial charge is 0.488 e.